The molecule has 0 aromatic carbocycles. The summed E-state index contributed by atoms with van der Waals surface area (Å²) in [5.74, 6) is 0. The molecule has 0 saturated carbocycles. The third kappa shape index (κ3) is 10.9. The van der Waals surface area contributed by atoms with E-state index in [9.17, 15) is 5.11 Å². The van der Waals surface area contributed by atoms with Gasteiger partial charge in [0, 0.05) is 0 Å². The fourth-order valence-corrected chi connectivity index (χ4v) is 1.50. The highest BCUT2D eigenvalue weighted by atomic mass is 16.9. The van der Waals surface area contributed by atoms with Gasteiger partial charge in [0.05, 0.1) is 39.1 Å². The average Bonchev–Trinajstić information content (AvgIpc) is 2.38. The molecule has 0 heterocycles. The highest BCUT2D eigenvalue weighted by molar-refractivity contribution is 4.56. The molecule has 0 saturated heterocycles. The minimum atomic E-state index is -0.528. The lowest BCUT2D eigenvalue weighted by atomic mass is 10.1. The van der Waals surface area contributed by atoms with E-state index in [1.54, 1.807) is 0 Å². The van der Waals surface area contributed by atoms with Crippen molar-refractivity contribution in [1.29, 1.82) is 0 Å². The molecule has 0 aromatic rings. The number of unbranched alkanes of at least 4 members (excludes halogenated alkanes) is 3. The zero-order chi connectivity index (χ0) is 13.6. The van der Waals surface area contributed by atoms with Crippen LogP contribution in [0.15, 0.2) is 0 Å². The molecular formula is C12H27NO5. The van der Waals surface area contributed by atoms with Gasteiger partial charge in [-0.3, -0.25) is 9.68 Å². The number of nitrogens with zero attached hydrogens (tertiary/aromatic N) is 1. The lowest BCUT2D eigenvalue weighted by Gasteiger charge is -2.22. The second-order valence-electron chi connectivity index (χ2n) is 4.13. The first-order valence-corrected chi connectivity index (χ1v) is 6.67. The summed E-state index contributed by atoms with van der Waals surface area (Å²) < 4.78 is 0. The maximum absolute atomic E-state index is 9.79. The Morgan fingerprint density at radius 1 is 1.00 bits per heavy atom. The van der Waals surface area contributed by atoms with Gasteiger partial charge in [0.1, 0.15) is 0 Å². The van der Waals surface area contributed by atoms with Gasteiger partial charge in [-0.1, -0.05) is 37.8 Å². The highest BCUT2D eigenvalue weighted by Crippen LogP contribution is 2.07. The molecule has 0 aliphatic carbocycles. The molecule has 3 N–H and O–H groups in total. The zero-order valence-corrected chi connectivity index (χ0v) is 11.3. The van der Waals surface area contributed by atoms with Gasteiger partial charge in [-0.05, 0) is 6.42 Å². The second-order valence-corrected chi connectivity index (χ2v) is 4.13. The van der Waals surface area contributed by atoms with Crippen LogP contribution in [-0.2, 0) is 9.68 Å². The Bertz CT molecular complexity index is 163. The van der Waals surface area contributed by atoms with E-state index in [1.165, 1.54) is 12.8 Å². The second kappa shape index (κ2) is 13.2. The summed E-state index contributed by atoms with van der Waals surface area (Å²) in [6.07, 6.45) is 4.60. The summed E-state index contributed by atoms with van der Waals surface area (Å²) in [5.41, 5.74) is 0. The van der Waals surface area contributed by atoms with Gasteiger partial charge < -0.3 is 15.3 Å². The summed E-state index contributed by atoms with van der Waals surface area (Å²) in [7, 11) is 0. The van der Waals surface area contributed by atoms with Crippen LogP contribution in [-0.4, -0.2) is 59.6 Å². The highest BCUT2D eigenvalue weighted by Gasteiger charge is 2.13. The summed E-state index contributed by atoms with van der Waals surface area (Å²) in [4.78, 5) is 10.2. The van der Waals surface area contributed by atoms with Crippen molar-refractivity contribution in [3.63, 3.8) is 0 Å². The number of aliphatic hydroxyl groups is 3. The van der Waals surface area contributed by atoms with Crippen LogP contribution in [0.25, 0.3) is 0 Å². The van der Waals surface area contributed by atoms with Crippen molar-refractivity contribution in [2.75, 3.05) is 33.0 Å². The minimum absolute atomic E-state index is 0.105. The van der Waals surface area contributed by atoms with E-state index < -0.39 is 6.10 Å². The summed E-state index contributed by atoms with van der Waals surface area (Å²) in [6, 6.07) is 0. The smallest absolute Gasteiger partial charge is 0.0942 e. The van der Waals surface area contributed by atoms with E-state index in [4.69, 9.17) is 19.9 Å². The van der Waals surface area contributed by atoms with Crippen LogP contribution in [0.4, 0.5) is 0 Å². The molecule has 0 aliphatic rings. The third-order valence-corrected chi connectivity index (χ3v) is 2.40. The minimum Gasteiger partial charge on any atom is -0.394 e. The molecule has 0 fully saturated rings. The molecular weight excluding hydrogens is 238 g/mol. The Balaban J connectivity index is 3.74. The van der Waals surface area contributed by atoms with Crippen LogP contribution in [0.3, 0.4) is 0 Å². The molecule has 0 rings (SSSR count). The van der Waals surface area contributed by atoms with Crippen molar-refractivity contribution in [2.45, 2.75) is 45.1 Å². The van der Waals surface area contributed by atoms with Crippen LogP contribution in [0.5, 0.6) is 0 Å². The van der Waals surface area contributed by atoms with Crippen LogP contribution >= 0.6 is 0 Å². The summed E-state index contributed by atoms with van der Waals surface area (Å²) in [5, 5.41) is 28.2. The first-order chi connectivity index (χ1) is 8.74. The molecule has 0 spiro atoms. The van der Waals surface area contributed by atoms with Crippen LogP contribution in [0, 0.1) is 0 Å². The van der Waals surface area contributed by atoms with Gasteiger partial charge in [0.25, 0.3) is 0 Å². The molecule has 0 amide bonds. The van der Waals surface area contributed by atoms with Crippen molar-refractivity contribution in [2.24, 2.45) is 0 Å². The molecule has 0 bridgehead atoms. The molecule has 18 heavy (non-hydrogen) atoms. The van der Waals surface area contributed by atoms with Crippen molar-refractivity contribution in [3.8, 4) is 0 Å². The number of aliphatic hydroxyl groups excluding tert-OH is 3. The number of hydroxylamine groups is 2. The average molecular weight is 265 g/mol. The third-order valence-electron chi connectivity index (χ3n) is 2.40. The predicted octanol–water partition coefficient (Wildman–Crippen LogP) is 0.467. The standard InChI is InChI=1S/C12H27NO5/c1-2-3-4-5-6-12(16)11-13(17-9-7-14)18-10-8-15/h12,14-16H,2-11H2,1H3. The first-order valence-electron chi connectivity index (χ1n) is 6.67. The summed E-state index contributed by atoms with van der Waals surface area (Å²) in [6.45, 7) is 2.33. The topological polar surface area (TPSA) is 82.4 Å². The molecule has 0 aliphatic heterocycles. The molecule has 0 radical (unpaired) electrons. The zero-order valence-electron chi connectivity index (χ0n) is 11.3. The fraction of sp³-hybridized carbons (Fsp3) is 1.00. The maximum Gasteiger partial charge on any atom is 0.0942 e. The number of rotatable bonds is 13. The van der Waals surface area contributed by atoms with E-state index in [0.29, 0.717) is 6.42 Å². The van der Waals surface area contributed by atoms with Crippen molar-refractivity contribution in [1.82, 2.24) is 5.23 Å². The lowest BCUT2D eigenvalue weighted by molar-refractivity contribution is -0.377. The van der Waals surface area contributed by atoms with Crippen LogP contribution < -0.4 is 0 Å². The van der Waals surface area contributed by atoms with Gasteiger partial charge in [-0.2, -0.15) is 0 Å². The summed E-state index contributed by atoms with van der Waals surface area (Å²) >= 11 is 0. The monoisotopic (exact) mass is 265 g/mol. The molecule has 110 valence electrons. The normalized spacial score (nSPS) is 13.2. The molecule has 6 nitrogen and oxygen atoms in total. The van der Waals surface area contributed by atoms with Crippen LogP contribution in [0.2, 0.25) is 0 Å². The number of hydrogen-bond donors (Lipinski definition) is 3. The quantitative estimate of drug-likeness (QED) is 0.332. The first kappa shape index (κ1) is 17.8. The molecule has 1 atom stereocenters. The Kier molecular flexibility index (Phi) is 13.0. The van der Waals surface area contributed by atoms with Gasteiger partial charge in [0.15, 0.2) is 0 Å². The van der Waals surface area contributed by atoms with E-state index in [1.807, 2.05) is 0 Å². The van der Waals surface area contributed by atoms with Crippen LogP contribution in [0.1, 0.15) is 39.0 Å². The SMILES string of the molecule is CCCCCCC(O)CN(OCCO)OCCO. The van der Waals surface area contributed by atoms with Crippen molar-refractivity contribution < 1.29 is 25.0 Å². The Morgan fingerprint density at radius 2 is 1.61 bits per heavy atom. The van der Waals surface area contributed by atoms with E-state index in [2.05, 4.69) is 6.92 Å². The van der Waals surface area contributed by atoms with Crippen molar-refractivity contribution in [3.05, 3.63) is 0 Å². The fourth-order valence-electron chi connectivity index (χ4n) is 1.50. The van der Waals surface area contributed by atoms with Crippen molar-refractivity contribution >= 4 is 0 Å². The predicted molar refractivity (Wildman–Crippen MR) is 67.5 cm³/mol. The number of hydrogen-bond acceptors (Lipinski definition) is 6. The van der Waals surface area contributed by atoms with Gasteiger partial charge >= 0.3 is 0 Å². The molecule has 6 heteroatoms. The molecule has 1 unspecified atom stereocenters. The Morgan fingerprint density at radius 3 is 2.11 bits per heavy atom. The molecule has 0 aromatic heterocycles. The van der Waals surface area contributed by atoms with Gasteiger partial charge in [0.2, 0.25) is 0 Å². The van der Waals surface area contributed by atoms with E-state index in [-0.39, 0.29) is 33.0 Å². The largest absolute Gasteiger partial charge is 0.394 e. The van der Waals surface area contributed by atoms with Gasteiger partial charge in [-0.15, -0.1) is 0 Å². The van der Waals surface area contributed by atoms with Gasteiger partial charge in [-0.25, -0.2) is 0 Å². The Labute approximate surface area is 109 Å². The Hall–Kier alpha value is -0.240. The maximum atomic E-state index is 9.79. The van der Waals surface area contributed by atoms with E-state index in [0.717, 1.165) is 18.1 Å². The van der Waals surface area contributed by atoms with E-state index >= 15 is 0 Å². The lowest BCUT2D eigenvalue weighted by Crippen LogP contribution is -2.34.